The lowest BCUT2D eigenvalue weighted by molar-refractivity contribution is 0.0332. The number of nitrogens with zero attached hydrogens (tertiary/aromatic N) is 2. The average molecular weight is 486 g/mol. The number of hydrogen-bond acceptors (Lipinski definition) is 5. The van der Waals surface area contributed by atoms with Gasteiger partial charge in [0.15, 0.2) is 0 Å². The highest BCUT2D eigenvalue weighted by atomic mass is 32.2. The number of sulfonamides is 1. The van der Waals surface area contributed by atoms with Crippen molar-refractivity contribution in [3.05, 3.63) is 59.2 Å². The fourth-order valence-electron chi connectivity index (χ4n) is 4.71. The van der Waals surface area contributed by atoms with Gasteiger partial charge in [-0.2, -0.15) is 0 Å². The molecule has 0 unspecified atom stereocenters. The zero-order valence-electron chi connectivity index (χ0n) is 20.1. The lowest BCUT2D eigenvalue weighted by atomic mass is 9.92. The van der Waals surface area contributed by atoms with E-state index in [0.29, 0.717) is 30.3 Å². The normalized spacial score (nSPS) is 18.1. The van der Waals surface area contributed by atoms with E-state index in [9.17, 15) is 13.2 Å². The molecular weight excluding hydrogens is 450 g/mol. The second kappa shape index (κ2) is 10.9. The number of rotatable bonds is 7. The molecule has 0 saturated carbocycles. The summed E-state index contributed by atoms with van der Waals surface area (Å²) in [6.45, 7) is 9.94. The molecule has 2 fully saturated rings. The van der Waals surface area contributed by atoms with Crippen molar-refractivity contribution >= 4 is 21.6 Å². The fourth-order valence-corrected chi connectivity index (χ4v) is 5.78. The van der Waals surface area contributed by atoms with Crippen LogP contribution in [0.25, 0.3) is 0 Å². The van der Waals surface area contributed by atoms with Gasteiger partial charge >= 0.3 is 0 Å². The molecule has 0 aliphatic carbocycles. The third-order valence-corrected chi connectivity index (χ3v) is 8.26. The first-order chi connectivity index (χ1) is 16.3. The standard InChI is InChI=1S/C26H35N3O4S/c1-20-4-3-5-23(18-20)27-34(31,32)24-7-6-21(2)25(19-24)26(30)29-12-9-22(10-13-29)8-11-28-14-16-33-17-15-28/h3-7,18-19,22,27H,8-17H2,1-2H3. The molecule has 0 aromatic heterocycles. The summed E-state index contributed by atoms with van der Waals surface area (Å²) in [5.74, 6) is 0.537. The van der Waals surface area contributed by atoms with Gasteiger partial charge in [-0.3, -0.25) is 14.4 Å². The second-order valence-electron chi connectivity index (χ2n) is 9.43. The molecule has 1 amide bonds. The van der Waals surface area contributed by atoms with E-state index in [2.05, 4.69) is 9.62 Å². The fraction of sp³-hybridized carbons (Fsp3) is 0.500. The van der Waals surface area contributed by atoms with Crippen molar-refractivity contribution in [2.24, 2.45) is 5.92 Å². The van der Waals surface area contributed by atoms with Crippen LogP contribution in [0.15, 0.2) is 47.4 Å². The molecule has 0 spiro atoms. The Morgan fingerprint density at radius 1 is 1.03 bits per heavy atom. The number of nitrogens with one attached hydrogen (secondary N) is 1. The lowest BCUT2D eigenvalue weighted by Gasteiger charge is -2.34. The van der Waals surface area contributed by atoms with E-state index in [1.807, 2.05) is 30.9 Å². The van der Waals surface area contributed by atoms with Crippen LogP contribution in [0.3, 0.4) is 0 Å². The Kier molecular flexibility index (Phi) is 7.91. The maximum Gasteiger partial charge on any atom is 0.261 e. The van der Waals surface area contributed by atoms with Gasteiger partial charge in [-0.05, 0) is 81.0 Å². The van der Waals surface area contributed by atoms with Gasteiger partial charge < -0.3 is 9.64 Å². The van der Waals surface area contributed by atoms with Crippen LogP contribution >= 0.6 is 0 Å². The van der Waals surface area contributed by atoms with Gasteiger partial charge in [0.2, 0.25) is 0 Å². The van der Waals surface area contributed by atoms with Crippen molar-refractivity contribution in [2.75, 3.05) is 50.7 Å². The molecular formula is C26H35N3O4S. The maximum atomic E-state index is 13.3. The minimum atomic E-state index is -3.79. The Morgan fingerprint density at radius 3 is 2.47 bits per heavy atom. The molecule has 1 N–H and O–H groups in total. The Bertz CT molecular complexity index is 1100. The molecule has 184 valence electrons. The lowest BCUT2D eigenvalue weighted by Crippen LogP contribution is -2.41. The smallest absolute Gasteiger partial charge is 0.261 e. The number of hydrogen-bond donors (Lipinski definition) is 1. The summed E-state index contributed by atoms with van der Waals surface area (Å²) in [6.07, 6.45) is 3.13. The largest absolute Gasteiger partial charge is 0.379 e. The van der Waals surface area contributed by atoms with Crippen molar-refractivity contribution in [3.63, 3.8) is 0 Å². The molecule has 34 heavy (non-hydrogen) atoms. The average Bonchev–Trinajstić information content (AvgIpc) is 2.83. The van der Waals surface area contributed by atoms with Crippen molar-refractivity contribution in [1.29, 1.82) is 0 Å². The number of carbonyl (C=O) groups excluding carboxylic acids is 1. The number of likely N-dealkylation sites (tertiary alicyclic amines) is 1. The summed E-state index contributed by atoms with van der Waals surface area (Å²) in [6, 6.07) is 12.0. The molecule has 4 rings (SSSR count). The summed E-state index contributed by atoms with van der Waals surface area (Å²) in [4.78, 5) is 17.7. The van der Waals surface area contributed by atoms with Gasteiger partial charge in [-0.25, -0.2) is 8.42 Å². The predicted octanol–water partition coefficient (Wildman–Crippen LogP) is 3.68. The Balaban J connectivity index is 1.38. The van der Waals surface area contributed by atoms with Gasteiger partial charge in [0.1, 0.15) is 0 Å². The molecule has 2 aromatic rings. The summed E-state index contributed by atoms with van der Waals surface area (Å²) < 4.78 is 34.0. The number of morpholine rings is 1. The third kappa shape index (κ3) is 6.17. The summed E-state index contributed by atoms with van der Waals surface area (Å²) in [7, 11) is -3.79. The number of carbonyl (C=O) groups is 1. The van der Waals surface area contributed by atoms with Crippen molar-refractivity contribution < 1.29 is 17.9 Å². The Morgan fingerprint density at radius 2 is 1.76 bits per heavy atom. The summed E-state index contributed by atoms with van der Waals surface area (Å²) in [5, 5.41) is 0. The molecule has 2 aliphatic rings. The molecule has 0 atom stereocenters. The van der Waals surface area contributed by atoms with Crippen LogP contribution in [-0.2, 0) is 14.8 Å². The van der Waals surface area contributed by atoms with E-state index in [-0.39, 0.29) is 10.8 Å². The van der Waals surface area contributed by atoms with E-state index in [4.69, 9.17) is 4.74 Å². The van der Waals surface area contributed by atoms with Crippen LogP contribution in [0.4, 0.5) is 5.69 Å². The number of ether oxygens (including phenoxy) is 1. The number of anilines is 1. The van der Waals surface area contributed by atoms with Crippen molar-refractivity contribution in [1.82, 2.24) is 9.80 Å². The molecule has 0 bridgehead atoms. The van der Waals surface area contributed by atoms with E-state index >= 15 is 0 Å². The summed E-state index contributed by atoms with van der Waals surface area (Å²) >= 11 is 0. The topological polar surface area (TPSA) is 79.0 Å². The number of amides is 1. The second-order valence-corrected chi connectivity index (χ2v) is 11.1. The molecule has 2 saturated heterocycles. The third-order valence-electron chi connectivity index (χ3n) is 6.88. The molecule has 2 aromatic carbocycles. The maximum absolute atomic E-state index is 13.3. The van der Waals surface area contributed by atoms with Crippen LogP contribution in [0.5, 0.6) is 0 Å². The molecule has 2 heterocycles. The van der Waals surface area contributed by atoms with Crippen LogP contribution in [0.1, 0.15) is 40.7 Å². The van der Waals surface area contributed by atoms with E-state index in [1.165, 1.54) is 6.07 Å². The minimum absolute atomic E-state index is 0.0864. The highest BCUT2D eigenvalue weighted by Crippen LogP contribution is 2.25. The van der Waals surface area contributed by atoms with Crippen LogP contribution in [0, 0.1) is 19.8 Å². The zero-order valence-corrected chi connectivity index (χ0v) is 20.9. The minimum Gasteiger partial charge on any atom is -0.379 e. The van der Waals surface area contributed by atoms with E-state index in [1.54, 1.807) is 24.3 Å². The van der Waals surface area contributed by atoms with Gasteiger partial charge in [-0.1, -0.05) is 18.2 Å². The predicted molar refractivity (Wildman–Crippen MR) is 134 cm³/mol. The Hall–Kier alpha value is -2.42. The first-order valence-electron chi connectivity index (χ1n) is 12.1. The van der Waals surface area contributed by atoms with Gasteiger partial charge in [0.25, 0.3) is 15.9 Å². The first kappa shape index (κ1) is 24.7. The monoisotopic (exact) mass is 485 g/mol. The van der Waals surface area contributed by atoms with Gasteiger partial charge in [0.05, 0.1) is 18.1 Å². The van der Waals surface area contributed by atoms with Crippen molar-refractivity contribution in [3.8, 4) is 0 Å². The molecule has 7 nitrogen and oxygen atoms in total. The molecule has 0 radical (unpaired) electrons. The number of benzene rings is 2. The highest BCUT2D eigenvalue weighted by molar-refractivity contribution is 7.92. The zero-order chi connectivity index (χ0) is 24.1. The number of aryl methyl sites for hydroxylation is 2. The van der Waals surface area contributed by atoms with Crippen LogP contribution in [-0.4, -0.2) is 70.1 Å². The van der Waals surface area contributed by atoms with E-state index in [0.717, 1.165) is 63.2 Å². The Labute approximate surface area is 203 Å². The van der Waals surface area contributed by atoms with E-state index < -0.39 is 10.0 Å². The summed E-state index contributed by atoms with van der Waals surface area (Å²) in [5.41, 5.74) is 2.72. The highest BCUT2D eigenvalue weighted by Gasteiger charge is 2.26. The van der Waals surface area contributed by atoms with Crippen LogP contribution < -0.4 is 4.72 Å². The van der Waals surface area contributed by atoms with Gasteiger partial charge in [-0.15, -0.1) is 0 Å². The number of piperidine rings is 1. The first-order valence-corrected chi connectivity index (χ1v) is 13.6. The van der Waals surface area contributed by atoms with Crippen molar-refractivity contribution in [2.45, 2.75) is 38.0 Å². The van der Waals surface area contributed by atoms with Gasteiger partial charge in [0, 0.05) is 37.4 Å². The SMILES string of the molecule is Cc1cccc(NS(=O)(=O)c2ccc(C)c(C(=O)N3CCC(CCN4CCOCC4)CC3)c2)c1. The quantitative estimate of drug-likeness (QED) is 0.647. The molecule has 8 heteroatoms. The van der Waals surface area contributed by atoms with Crippen LogP contribution in [0.2, 0.25) is 0 Å². The molecule has 2 aliphatic heterocycles.